The van der Waals surface area contributed by atoms with E-state index in [1.54, 1.807) is 6.20 Å². The number of hydrogen-bond acceptors (Lipinski definition) is 3. The van der Waals surface area contributed by atoms with Crippen LogP contribution in [0, 0.1) is 11.7 Å². The van der Waals surface area contributed by atoms with Gasteiger partial charge in [-0.15, -0.1) is 0 Å². The maximum atomic E-state index is 14.1. The predicted octanol–water partition coefficient (Wildman–Crippen LogP) is 4.34. The number of benzene rings is 1. The molecule has 1 aliphatic rings. The minimum absolute atomic E-state index is 0.320. The van der Waals surface area contributed by atoms with Gasteiger partial charge in [-0.25, -0.2) is 4.39 Å². The van der Waals surface area contributed by atoms with Crippen LogP contribution in [0.4, 0.5) is 15.8 Å². The van der Waals surface area contributed by atoms with Gasteiger partial charge in [-0.3, -0.25) is 4.98 Å². The highest BCUT2D eigenvalue weighted by Gasteiger charge is 2.15. The number of halogens is 1. The molecule has 1 saturated carbocycles. The van der Waals surface area contributed by atoms with Gasteiger partial charge in [0, 0.05) is 23.8 Å². The first-order valence-corrected chi connectivity index (χ1v) is 7.82. The van der Waals surface area contributed by atoms with E-state index in [1.807, 2.05) is 12.1 Å². The Morgan fingerprint density at radius 1 is 1.33 bits per heavy atom. The average Bonchev–Trinajstić information content (AvgIpc) is 2.99. The van der Waals surface area contributed by atoms with Gasteiger partial charge in [0.15, 0.2) is 5.82 Å². The van der Waals surface area contributed by atoms with E-state index < -0.39 is 0 Å². The normalized spacial score (nSPS) is 15.7. The summed E-state index contributed by atoms with van der Waals surface area (Å²) < 4.78 is 14.1. The Morgan fingerprint density at radius 3 is 2.95 bits per heavy atom. The second-order valence-corrected chi connectivity index (χ2v) is 5.94. The van der Waals surface area contributed by atoms with Gasteiger partial charge < -0.3 is 11.1 Å². The van der Waals surface area contributed by atoms with Crippen molar-refractivity contribution in [3.63, 3.8) is 0 Å². The lowest BCUT2D eigenvalue weighted by Gasteiger charge is -2.13. The number of nitrogens with one attached hydrogen (secondary N) is 1. The van der Waals surface area contributed by atoms with Crippen molar-refractivity contribution in [1.82, 2.24) is 4.98 Å². The highest BCUT2D eigenvalue weighted by molar-refractivity contribution is 5.98. The molecule has 3 N–H and O–H groups in total. The second kappa shape index (κ2) is 6.29. The molecule has 4 heteroatoms. The number of hydrogen-bond donors (Lipinski definition) is 2. The fraction of sp³-hybridized carbons (Fsp3) is 0.471. The van der Waals surface area contributed by atoms with Crippen molar-refractivity contribution in [2.75, 3.05) is 17.6 Å². The van der Waals surface area contributed by atoms with E-state index in [0.717, 1.165) is 24.3 Å². The minimum Gasteiger partial charge on any atom is -0.398 e. The average molecular weight is 287 g/mol. The monoisotopic (exact) mass is 287 g/mol. The zero-order chi connectivity index (χ0) is 14.7. The molecule has 1 fully saturated rings. The van der Waals surface area contributed by atoms with Crippen LogP contribution in [-0.2, 0) is 0 Å². The van der Waals surface area contributed by atoms with Crippen LogP contribution in [0.1, 0.15) is 38.5 Å². The van der Waals surface area contributed by atoms with Crippen molar-refractivity contribution >= 4 is 22.3 Å². The van der Waals surface area contributed by atoms with E-state index in [2.05, 4.69) is 10.3 Å². The molecule has 112 valence electrons. The summed E-state index contributed by atoms with van der Waals surface area (Å²) in [6.07, 6.45) is 9.45. The lowest BCUT2D eigenvalue weighted by molar-refractivity contribution is 0.491. The van der Waals surface area contributed by atoms with Gasteiger partial charge in [0.25, 0.3) is 0 Å². The number of anilines is 2. The fourth-order valence-electron chi connectivity index (χ4n) is 3.31. The molecule has 0 bridgehead atoms. The molecule has 0 amide bonds. The Kier molecular flexibility index (Phi) is 4.23. The molecule has 0 radical (unpaired) electrons. The molecule has 0 saturated heterocycles. The van der Waals surface area contributed by atoms with Gasteiger partial charge in [-0.1, -0.05) is 25.7 Å². The smallest absolute Gasteiger partial charge is 0.150 e. The number of nitrogen functional groups attached to an aromatic ring is 1. The van der Waals surface area contributed by atoms with Crippen LogP contribution < -0.4 is 11.1 Å². The van der Waals surface area contributed by atoms with Crippen molar-refractivity contribution < 1.29 is 4.39 Å². The topological polar surface area (TPSA) is 50.9 Å². The molecule has 1 heterocycles. The Balaban J connectivity index is 1.68. The molecule has 0 aliphatic heterocycles. The van der Waals surface area contributed by atoms with E-state index in [0.29, 0.717) is 16.9 Å². The first-order chi connectivity index (χ1) is 10.3. The van der Waals surface area contributed by atoms with Crippen molar-refractivity contribution in [3.05, 3.63) is 30.2 Å². The summed E-state index contributed by atoms with van der Waals surface area (Å²) in [6.45, 7) is 0.781. The van der Waals surface area contributed by atoms with Gasteiger partial charge in [0.05, 0.1) is 11.2 Å². The standard InChI is InChI=1S/C17H22FN3/c18-14-11-15(19)13-8-4-10-20-16(13)17(14)21-9-3-7-12-5-1-2-6-12/h4,8,10-12,21H,1-3,5-7,9,19H2. The van der Waals surface area contributed by atoms with Crippen molar-refractivity contribution in [3.8, 4) is 0 Å². The summed E-state index contributed by atoms with van der Waals surface area (Å²) in [5.41, 5.74) is 7.39. The summed E-state index contributed by atoms with van der Waals surface area (Å²) in [5, 5.41) is 4.02. The molecule has 1 aromatic heterocycles. The molecule has 1 aromatic carbocycles. The van der Waals surface area contributed by atoms with Crippen LogP contribution in [0.3, 0.4) is 0 Å². The van der Waals surface area contributed by atoms with Crippen LogP contribution in [0.5, 0.6) is 0 Å². The summed E-state index contributed by atoms with van der Waals surface area (Å²) in [7, 11) is 0. The van der Waals surface area contributed by atoms with Crippen LogP contribution in [0.15, 0.2) is 24.4 Å². The summed E-state index contributed by atoms with van der Waals surface area (Å²) in [6, 6.07) is 5.07. The van der Waals surface area contributed by atoms with E-state index in [1.165, 1.54) is 38.2 Å². The quantitative estimate of drug-likeness (QED) is 0.635. The fourth-order valence-corrected chi connectivity index (χ4v) is 3.31. The molecule has 21 heavy (non-hydrogen) atoms. The largest absolute Gasteiger partial charge is 0.398 e. The summed E-state index contributed by atoms with van der Waals surface area (Å²) >= 11 is 0. The van der Waals surface area contributed by atoms with Gasteiger partial charge in [-0.05, 0) is 37.0 Å². The number of pyridine rings is 1. The van der Waals surface area contributed by atoms with Crippen molar-refractivity contribution in [1.29, 1.82) is 0 Å². The predicted molar refractivity (Wildman–Crippen MR) is 85.8 cm³/mol. The van der Waals surface area contributed by atoms with E-state index in [4.69, 9.17) is 5.73 Å². The number of rotatable bonds is 5. The maximum Gasteiger partial charge on any atom is 0.150 e. The summed E-state index contributed by atoms with van der Waals surface area (Å²) in [5.74, 6) is 0.553. The molecule has 3 rings (SSSR count). The molecule has 0 unspecified atom stereocenters. The Hall–Kier alpha value is -1.84. The number of aromatic nitrogens is 1. The molecule has 0 atom stereocenters. The maximum absolute atomic E-state index is 14.1. The van der Waals surface area contributed by atoms with E-state index >= 15 is 0 Å². The van der Waals surface area contributed by atoms with Gasteiger partial charge >= 0.3 is 0 Å². The molecule has 0 spiro atoms. The second-order valence-electron chi connectivity index (χ2n) is 5.94. The highest BCUT2D eigenvalue weighted by Crippen LogP contribution is 2.31. The lowest BCUT2D eigenvalue weighted by atomic mass is 10.0. The van der Waals surface area contributed by atoms with E-state index in [-0.39, 0.29) is 5.82 Å². The zero-order valence-electron chi connectivity index (χ0n) is 12.2. The van der Waals surface area contributed by atoms with Crippen LogP contribution in [-0.4, -0.2) is 11.5 Å². The number of fused-ring (bicyclic) bond motifs is 1. The zero-order valence-corrected chi connectivity index (χ0v) is 12.2. The number of nitrogens with zero attached hydrogens (tertiary/aromatic N) is 1. The molecular formula is C17H22FN3. The Bertz CT molecular complexity index is 621. The molecular weight excluding hydrogens is 265 g/mol. The Morgan fingerprint density at radius 2 is 2.14 bits per heavy atom. The third-order valence-corrected chi connectivity index (χ3v) is 4.44. The number of nitrogens with two attached hydrogens (primary N) is 1. The van der Waals surface area contributed by atoms with Gasteiger partial charge in [-0.2, -0.15) is 0 Å². The molecule has 2 aromatic rings. The highest BCUT2D eigenvalue weighted by atomic mass is 19.1. The van der Waals surface area contributed by atoms with Crippen molar-refractivity contribution in [2.45, 2.75) is 38.5 Å². The van der Waals surface area contributed by atoms with Gasteiger partial charge in [0.1, 0.15) is 0 Å². The first-order valence-electron chi connectivity index (χ1n) is 7.82. The Labute approximate surface area is 124 Å². The van der Waals surface area contributed by atoms with E-state index in [9.17, 15) is 4.39 Å². The van der Waals surface area contributed by atoms with Gasteiger partial charge in [0.2, 0.25) is 0 Å². The lowest BCUT2D eigenvalue weighted by Crippen LogP contribution is -2.07. The van der Waals surface area contributed by atoms with Crippen molar-refractivity contribution in [2.24, 2.45) is 5.92 Å². The van der Waals surface area contributed by atoms with Crippen LogP contribution in [0.2, 0.25) is 0 Å². The molecule has 1 aliphatic carbocycles. The SMILES string of the molecule is Nc1cc(F)c(NCCCC2CCCC2)c2ncccc12. The van der Waals surface area contributed by atoms with Crippen LogP contribution >= 0.6 is 0 Å². The molecule has 3 nitrogen and oxygen atoms in total. The third-order valence-electron chi connectivity index (χ3n) is 4.44. The summed E-state index contributed by atoms with van der Waals surface area (Å²) in [4.78, 5) is 4.28. The first kappa shape index (κ1) is 14.1. The van der Waals surface area contributed by atoms with Crippen LogP contribution in [0.25, 0.3) is 10.9 Å². The minimum atomic E-state index is -0.320. The third kappa shape index (κ3) is 3.09.